The van der Waals surface area contributed by atoms with Crippen molar-refractivity contribution >= 4 is 23.5 Å². The minimum Gasteiger partial charge on any atom is -0.506 e. The molecule has 0 aromatic heterocycles. The highest BCUT2D eigenvalue weighted by Crippen LogP contribution is 2.38. The van der Waals surface area contributed by atoms with E-state index in [-0.39, 0.29) is 5.56 Å². The Bertz CT molecular complexity index is 482. The van der Waals surface area contributed by atoms with Gasteiger partial charge in [0.2, 0.25) is 0 Å². The number of hydrogen-bond acceptors (Lipinski definition) is 6. The topological polar surface area (TPSA) is 93.1 Å². The minimum absolute atomic E-state index is 0.334. The number of methoxy groups -OCH3 is 2. The van der Waals surface area contributed by atoms with E-state index in [1.54, 1.807) is 0 Å². The number of carbonyl (C=O) groups excluding carboxylic acids is 2. The summed E-state index contributed by atoms with van der Waals surface area (Å²) in [5.74, 6) is -3.16. The van der Waals surface area contributed by atoms with Gasteiger partial charge in [-0.3, -0.25) is 0 Å². The molecule has 0 atom stereocenters. The van der Waals surface area contributed by atoms with Crippen LogP contribution in [-0.4, -0.2) is 36.4 Å². The van der Waals surface area contributed by atoms with Gasteiger partial charge in [-0.2, -0.15) is 0 Å². The van der Waals surface area contributed by atoms with Crippen LogP contribution in [-0.2, 0) is 9.47 Å². The zero-order valence-electron chi connectivity index (χ0n) is 8.98. The molecule has 0 amide bonds. The lowest BCUT2D eigenvalue weighted by molar-refractivity contribution is 0.0552. The van der Waals surface area contributed by atoms with Gasteiger partial charge in [0, 0.05) is 0 Å². The van der Waals surface area contributed by atoms with E-state index in [4.69, 9.17) is 11.6 Å². The molecule has 0 saturated carbocycles. The van der Waals surface area contributed by atoms with Crippen LogP contribution in [0.2, 0.25) is 5.02 Å². The van der Waals surface area contributed by atoms with Crippen molar-refractivity contribution in [3.8, 4) is 11.5 Å². The third-order valence-corrected chi connectivity index (χ3v) is 2.39. The molecule has 0 aliphatic rings. The Labute approximate surface area is 101 Å². The predicted molar refractivity (Wildman–Crippen MR) is 57.5 cm³/mol. The number of aromatic hydroxyl groups is 2. The van der Waals surface area contributed by atoms with E-state index in [0.29, 0.717) is 0 Å². The van der Waals surface area contributed by atoms with Gasteiger partial charge in [-0.25, -0.2) is 9.59 Å². The summed E-state index contributed by atoms with van der Waals surface area (Å²) in [6.07, 6.45) is 0. The molecule has 0 radical (unpaired) electrons. The van der Waals surface area contributed by atoms with Crippen molar-refractivity contribution in [2.45, 2.75) is 0 Å². The van der Waals surface area contributed by atoms with Crippen molar-refractivity contribution in [3.63, 3.8) is 0 Å². The average Bonchev–Trinajstić information content (AvgIpc) is 2.33. The van der Waals surface area contributed by atoms with Gasteiger partial charge in [0.15, 0.2) is 5.75 Å². The van der Waals surface area contributed by atoms with Crippen LogP contribution >= 0.6 is 11.6 Å². The molecule has 0 aliphatic heterocycles. The van der Waals surface area contributed by atoms with Crippen LogP contribution in [0.1, 0.15) is 20.7 Å². The van der Waals surface area contributed by atoms with Crippen molar-refractivity contribution in [1.29, 1.82) is 0 Å². The number of ether oxygens (including phenoxy) is 2. The van der Waals surface area contributed by atoms with E-state index in [1.807, 2.05) is 0 Å². The Morgan fingerprint density at radius 2 is 1.71 bits per heavy atom. The number of hydrogen-bond donors (Lipinski definition) is 2. The summed E-state index contributed by atoms with van der Waals surface area (Å²) in [4.78, 5) is 22.8. The summed E-state index contributed by atoms with van der Waals surface area (Å²) in [5.41, 5.74) is -0.791. The smallest absolute Gasteiger partial charge is 0.342 e. The summed E-state index contributed by atoms with van der Waals surface area (Å²) in [7, 11) is 2.16. The summed E-state index contributed by atoms with van der Waals surface area (Å²) in [6, 6.07) is 0.917. The number of carbonyl (C=O) groups is 2. The van der Waals surface area contributed by atoms with Gasteiger partial charge in [0.25, 0.3) is 0 Å². The maximum absolute atomic E-state index is 11.4. The standard InChI is InChI=1S/C10H9ClO6/c1-16-9(14)4-3-5(12)7(11)8(13)6(4)10(15)17-2/h3,12-13H,1-2H3. The van der Waals surface area contributed by atoms with E-state index in [2.05, 4.69) is 9.47 Å². The number of esters is 2. The van der Waals surface area contributed by atoms with Gasteiger partial charge in [-0.15, -0.1) is 0 Å². The number of halogens is 1. The van der Waals surface area contributed by atoms with Gasteiger partial charge < -0.3 is 19.7 Å². The molecule has 0 fully saturated rings. The first-order chi connectivity index (χ1) is 7.93. The molecule has 0 unspecified atom stereocenters. The zero-order chi connectivity index (χ0) is 13.2. The maximum atomic E-state index is 11.4. The van der Waals surface area contributed by atoms with E-state index in [0.717, 1.165) is 20.3 Å². The highest BCUT2D eigenvalue weighted by Gasteiger charge is 2.26. The van der Waals surface area contributed by atoms with E-state index in [1.165, 1.54) is 0 Å². The van der Waals surface area contributed by atoms with E-state index in [9.17, 15) is 19.8 Å². The summed E-state index contributed by atoms with van der Waals surface area (Å²) in [5, 5.41) is 18.5. The molecule has 17 heavy (non-hydrogen) atoms. The van der Waals surface area contributed by atoms with Crippen molar-refractivity contribution in [3.05, 3.63) is 22.2 Å². The number of benzene rings is 1. The van der Waals surface area contributed by atoms with Gasteiger partial charge in [0.05, 0.1) is 19.8 Å². The van der Waals surface area contributed by atoms with Gasteiger partial charge in [-0.05, 0) is 6.07 Å². The maximum Gasteiger partial charge on any atom is 0.342 e. The molecule has 0 bridgehead atoms. The zero-order valence-corrected chi connectivity index (χ0v) is 9.74. The van der Waals surface area contributed by atoms with Gasteiger partial charge >= 0.3 is 11.9 Å². The summed E-state index contributed by atoms with van der Waals surface area (Å²) in [6.45, 7) is 0. The quantitative estimate of drug-likeness (QED) is 0.779. The van der Waals surface area contributed by atoms with Crippen LogP contribution in [0.3, 0.4) is 0 Å². The molecular formula is C10H9ClO6. The van der Waals surface area contributed by atoms with E-state index < -0.39 is 34.0 Å². The van der Waals surface area contributed by atoms with Gasteiger partial charge in [-0.1, -0.05) is 11.6 Å². The highest BCUT2D eigenvalue weighted by molar-refractivity contribution is 6.34. The Balaban J connectivity index is 3.57. The van der Waals surface area contributed by atoms with Crippen molar-refractivity contribution in [1.82, 2.24) is 0 Å². The van der Waals surface area contributed by atoms with Crippen molar-refractivity contribution in [2.75, 3.05) is 14.2 Å². The Hall–Kier alpha value is -1.95. The first-order valence-corrected chi connectivity index (χ1v) is 4.72. The average molecular weight is 261 g/mol. The first kappa shape index (κ1) is 13.1. The van der Waals surface area contributed by atoms with Crippen LogP contribution in [0, 0.1) is 0 Å². The molecule has 1 rings (SSSR count). The fraction of sp³-hybridized carbons (Fsp3) is 0.200. The van der Waals surface area contributed by atoms with E-state index >= 15 is 0 Å². The monoisotopic (exact) mass is 260 g/mol. The number of phenolic OH excluding ortho intramolecular Hbond substituents is 2. The summed E-state index contributed by atoms with van der Waals surface area (Å²) >= 11 is 5.54. The van der Waals surface area contributed by atoms with Crippen LogP contribution < -0.4 is 0 Å². The van der Waals surface area contributed by atoms with Gasteiger partial charge in [0.1, 0.15) is 16.3 Å². The Morgan fingerprint density at radius 1 is 1.18 bits per heavy atom. The van der Waals surface area contributed by atoms with Crippen LogP contribution in [0.5, 0.6) is 11.5 Å². The molecule has 1 aromatic rings. The largest absolute Gasteiger partial charge is 0.506 e. The van der Waals surface area contributed by atoms with Crippen LogP contribution in [0.25, 0.3) is 0 Å². The number of phenols is 2. The van der Waals surface area contributed by atoms with Crippen molar-refractivity contribution < 1.29 is 29.3 Å². The second-order valence-corrected chi connectivity index (χ2v) is 3.34. The Morgan fingerprint density at radius 3 is 2.18 bits per heavy atom. The first-order valence-electron chi connectivity index (χ1n) is 4.35. The third-order valence-electron chi connectivity index (χ3n) is 2.01. The second kappa shape index (κ2) is 4.92. The molecule has 2 N–H and O–H groups in total. The SMILES string of the molecule is COC(=O)c1cc(O)c(Cl)c(O)c1C(=O)OC. The van der Waals surface area contributed by atoms with Crippen LogP contribution in [0.4, 0.5) is 0 Å². The van der Waals surface area contributed by atoms with Crippen molar-refractivity contribution in [2.24, 2.45) is 0 Å². The fourth-order valence-corrected chi connectivity index (χ4v) is 1.36. The number of rotatable bonds is 2. The molecular weight excluding hydrogens is 252 g/mol. The lowest BCUT2D eigenvalue weighted by Gasteiger charge is -2.10. The molecule has 0 saturated heterocycles. The minimum atomic E-state index is -0.968. The predicted octanol–water partition coefficient (Wildman–Crippen LogP) is 1.32. The molecule has 6 nitrogen and oxygen atoms in total. The lowest BCUT2D eigenvalue weighted by atomic mass is 10.1. The molecule has 1 aromatic carbocycles. The fourth-order valence-electron chi connectivity index (χ4n) is 1.21. The Kier molecular flexibility index (Phi) is 3.80. The molecule has 92 valence electrons. The van der Waals surface area contributed by atoms with Crippen LogP contribution in [0.15, 0.2) is 6.07 Å². The normalized spacial score (nSPS) is 9.82. The lowest BCUT2D eigenvalue weighted by Crippen LogP contribution is -2.12. The summed E-state index contributed by atoms with van der Waals surface area (Å²) < 4.78 is 8.81. The highest BCUT2D eigenvalue weighted by atomic mass is 35.5. The second-order valence-electron chi connectivity index (χ2n) is 2.96. The third kappa shape index (κ3) is 2.26. The molecule has 0 heterocycles. The molecule has 7 heteroatoms. The molecule has 0 aliphatic carbocycles. The molecule has 0 spiro atoms.